The van der Waals surface area contributed by atoms with Gasteiger partial charge >= 0.3 is 0 Å². The Balaban J connectivity index is 2.66. The van der Waals surface area contributed by atoms with Crippen LogP contribution in [0.15, 0.2) is 12.1 Å². The molecule has 1 heterocycles. The number of phenols is 1. The SMILES string of the molecule is Nc1cc(-c2cc(F)c(F)c(O)c2F)[nH]n1. The fraction of sp³-hybridized carbons (Fsp3) is 0. The van der Waals surface area contributed by atoms with Gasteiger partial charge in [-0.25, -0.2) is 8.78 Å². The molecular formula is C9H6F3N3O. The van der Waals surface area contributed by atoms with Gasteiger partial charge in [-0.15, -0.1) is 0 Å². The lowest BCUT2D eigenvalue weighted by molar-refractivity contribution is 0.377. The zero-order chi connectivity index (χ0) is 11.9. The van der Waals surface area contributed by atoms with Gasteiger partial charge in [0.25, 0.3) is 0 Å². The van der Waals surface area contributed by atoms with Crippen molar-refractivity contribution in [1.82, 2.24) is 10.2 Å². The Labute approximate surface area is 87.5 Å². The molecule has 0 unspecified atom stereocenters. The zero-order valence-corrected chi connectivity index (χ0v) is 7.76. The van der Waals surface area contributed by atoms with Crippen LogP contribution in [0.2, 0.25) is 0 Å². The molecule has 2 rings (SSSR count). The molecule has 0 saturated heterocycles. The number of hydrogen-bond donors (Lipinski definition) is 3. The maximum absolute atomic E-state index is 13.4. The predicted octanol–water partition coefficient (Wildman–Crippen LogP) is 1.78. The molecule has 1 aromatic carbocycles. The van der Waals surface area contributed by atoms with Crippen LogP contribution in [0.1, 0.15) is 0 Å². The summed E-state index contributed by atoms with van der Waals surface area (Å²) in [6, 6.07) is 1.84. The van der Waals surface area contributed by atoms with E-state index in [1.807, 2.05) is 0 Å². The van der Waals surface area contributed by atoms with Gasteiger partial charge in [-0.05, 0) is 6.07 Å². The molecule has 0 spiro atoms. The average Bonchev–Trinajstić information content (AvgIpc) is 2.67. The number of nitrogens with zero attached hydrogens (tertiary/aromatic N) is 1. The highest BCUT2D eigenvalue weighted by atomic mass is 19.2. The first-order chi connectivity index (χ1) is 7.50. The largest absolute Gasteiger partial charge is 0.503 e. The zero-order valence-electron chi connectivity index (χ0n) is 7.76. The van der Waals surface area contributed by atoms with E-state index in [1.165, 1.54) is 6.07 Å². The van der Waals surface area contributed by atoms with Gasteiger partial charge in [0.2, 0.25) is 5.82 Å². The van der Waals surface area contributed by atoms with Crippen molar-refractivity contribution in [1.29, 1.82) is 0 Å². The van der Waals surface area contributed by atoms with Crippen LogP contribution in [0.4, 0.5) is 19.0 Å². The van der Waals surface area contributed by atoms with E-state index in [-0.39, 0.29) is 17.1 Å². The van der Waals surface area contributed by atoms with Gasteiger partial charge in [0.15, 0.2) is 17.4 Å². The standard InChI is InChI=1S/C9H6F3N3O/c10-4-1-3(5-2-6(13)15-14-5)7(11)9(16)8(4)12/h1-2,16H,(H3,13,14,15). The van der Waals surface area contributed by atoms with Crippen LogP contribution >= 0.6 is 0 Å². The number of benzene rings is 1. The highest BCUT2D eigenvalue weighted by Crippen LogP contribution is 2.31. The summed E-state index contributed by atoms with van der Waals surface area (Å²) in [5.41, 5.74) is 4.98. The topological polar surface area (TPSA) is 74.9 Å². The smallest absolute Gasteiger partial charge is 0.203 e. The molecule has 16 heavy (non-hydrogen) atoms. The van der Waals surface area contributed by atoms with Crippen LogP contribution in [-0.4, -0.2) is 15.3 Å². The minimum Gasteiger partial charge on any atom is -0.503 e. The quantitative estimate of drug-likeness (QED) is 0.652. The third kappa shape index (κ3) is 1.46. The van der Waals surface area contributed by atoms with E-state index in [0.29, 0.717) is 6.07 Å². The van der Waals surface area contributed by atoms with Crippen molar-refractivity contribution in [3.8, 4) is 17.0 Å². The van der Waals surface area contributed by atoms with E-state index >= 15 is 0 Å². The number of nitrogens with one attached hydrogen (secondary N) is 1. The van der Waals surface area contributed by atoms with Crippen molar-refractivity contribution in [3.63, 3.8) is 0 Å². The van der Waals surface area contributed by atoms with Crippen LogP contribution in [0.3, 0.4) is 0 Å². The molecule has 0 bridgehead atoms. The number of aromatic nitrogens is 2. The lowest BCUT2D eigenvalue weighted by Crippen LogP contribution is -1.93. The van der Waals surface area contributed by atoms with E-state index in [1.54, 1.807) is 0 Å². The van der Waals surface area contributed by atoms with E-state index in [0.717, 1.165) is 0 Å². The fourth-order valence-electron chi connectivity index (χ4n) is 1.26. The Hall–Kier alpha value is -2.18. The van der Waals surface area contributed by atoms with Gasteiger partial charge in [0.1, 0.15) is 5.82 Å². The van der Waals surface area contributed by atoms with Gasteiger partial charge in [-0.3, -0.25) is 5.10 Å². The van der Waals surface area contributed by atoms with Gasteiger partial charge in [-0.2, -0.15) is 9.49 Å². The maximum Gasteiger partial charge on any atom is 0.203 e. The third-order valence-electron chi connectivity index (χ3n) is 2.02. The van der Waals surface area contributed by atoms with Crippen LogP contribution in [0.25, 0.3) is 11.3 Å². The number of hydrogen-bond acceptors (Lipinski definition) is 3. The molecule has 2 aromatic rings. The molecule has 0 aliphatic carbocycles. The van der Waals surface area contributed by atoms with E-state index in [9.17, 15) is 13.2 Å². The number of aromatic amines is 1. The van der Waals surface area contributed by atoms with E-state index in [2.05, 4.69) is 10.2 Å². The molecule has 0 aliphatic heterocycles. The number of rotatable bonds is 1. The molecule has 1 aromatic heterocycles. The Kier molecular flexibility index (Phi) is 2.22. The molecule has 0 atom stereocenters. The number of nitrogens with two attached hydrogens (primary N) is 1. The molecule has 0 fully saturated rings. The molecule has 84 valence electrons. The monoisotopic (exact) mass is 229 g/mol. The number of halogens is 3. The summed E-state index contributed by atoms with van der Waals surface area (Å²) in [5, 5.41) is 14.8. The summed E-state index contributed by atoms with van der Waals surface area (Å²) in [4.78, 5) is 0. The second kappa shape index (κ2) is 3.44. The number of anilines is 1. The van der Waals surface area contributed by atoms with Crippen molar-refractivity contribution in [2.75, 3.05) is 5.73 Å². The molecule has 0 radical (unpaired) electrons. The van der Waals surface area contributed by atoms with Crippen LogP contribution in [-0.2, 0) is 0 Å². The van der Waals surface area contributed by atoms with Crippen molar-refractivity contribution in [3.05, 3.63) is 29.6 Å². The second-order valence-electron chi connectivity index (χ2n) is 3.09. The number of phenolic OH excluding ortho intramolecular Hbond substituents is 1. The molecule has 4 N–H and O–H groups in total. The maximum atomic E-state index is 13.4. The van der Waals surface area contributed by atoms with Crippen LogP contribution in [0, 0.1) is 17.5 Å². The first-order valence-electron chi connectivity index (χ1n) is 4.18. The third-order valence-corrected chi connectivity index (χ3v) is 2.02. The van der Waals surface area contributed by atoms with Crippen LogP contribution < -0.4 is 5.73 Å². The summed E-state index contributed by atoms with van der Waals surface area (Å²) in [6.45, 7) is 0. The predicted molar refractivity (Wildman–Crippen MR) is 50.0 cm³/mol. The number of nitrogen functional groups attached to an aromatic ring is 1. The normalized spacial score (nSPS) is 10.7. The van der Waals surface area contributed by atoms with Crippen LogP contribution in [0.5, 0.6) is 5.75 Å². The van der Waals surface area contributed by atoms with Crippen molar-refractivity contribution < 1.29 is 18.3 Å². The molecular weight excluding hydrogens is 223 g/mol. The molecule has 0 amide bonds. The lowest BCUT2D eigenvalue weighted by atomic mass is 10.1. The van der Waals surface area contributed by atoms with Crippen molar-refractivity contribution >= 4 is 5.82 Å². The molecule has 0 saturated carbocycles. The number of H-pyrrole nitrogens is 1. The van der Waals surface area contributed by atoms with E-state index in [4.69, 9.17) is 10.8 Å². The van der Waals surface area contributed by atoms with Gasteiger partial charge < -0.3 is 10.8 Å². The minimum atomic E-state index is -1.63. The van der Waals surface area contributed by atoms with Gasteiger partial charge in [0.05, 0.1) is 5.69 Å². The Morgan fingerprint density at radius 2 is 1.88 bits per heavy atom. The lowest BCUT2D eigenvalue weighted by Gasteiger charge is -2.04. The van der Waals surface area contributed by atoms with E-state index < -0.39 is 23.2 Å². The highest BCUT2D eigenvalue weighted by Gasteiger charge is 2.19. The first kappa shape index (κ1) is 10.3. The molecule has 4 nitrogen and oxygen atoms in total. The minimum absolute atomic E-state index is 0.0456. The van der Waals surface area contributed by atoms with Crippen molar-refractivity contribution in [2.45, 2.75) is 0 Å². The summed E-state index contributed by atoms with van der Waals surface area (Å²) in [6.07, 6.45) is 0. The van der Waals surface area contributed by atoms with Crippen molar-refractivity contribution in [2.24, 2.45) is 0 Å². The van der Waals surface area contributed by atoms with Gasteiger partial charge in [-0.1, -0.05) is 0 Å². The Bertz CT molecular complexity index is 553. The Morgan fingerprint density at radius 3 is 2.44 bits per heavy atom. The summed E-state index contributed by atoms with van der Waals surface area (Å²) in [5.74, 6) is -5.57. The fourth-order valence-corrected chi connectivity index (χ4v) is 1.26. The molecule has 7 heteroatoms. The van der Waals surface area contributed by atoms with Gasteiger partial charge in [0, 0.05) is 11.6 Å². The second-order valence-corrected chi connectivity index (χ2v) is 3.09. The summed E-state index contributed by atoms with van der Waals surface area (Å²) < 4.78 is 39.1. The highest BCUT2D eigenvalue weighted by molar-refractivity contribution is 5.64. The first-order valence-corrected chi connectivity index (χ1v) is 4.18. The summed E-state index contributed by atoms with van der Waals surface area (Å²) >= 11 is 0. The summed E-state index contributed by atoms with van der Waals surface area (Å²) in [7, 11) is 0. The average molecular weight is 229 g/mol. The molecule has 0 aliphatic rings. The Morgan fingerprint density at radius 1 is 1.19 bits per heavy atom. The number of aromatic hydroxyl groups is 1.